The summed E-state index contributed by atoms with van der Waals surface area (Å²) in [6, 6.07) is 10.6. The molecule has 4 heterocycles. The van der Waals surface area contributed by atoms with Crippen molar-refractivity contribution in [3.8, 4) is 17.5 Å². The first kappa shape index (κ1) is 27.1. The van der Waals surface area contributed by atoms with Crippen molar-refractivity contribution >= 4 is 37.9 Å². The fraction of sp³-hybridized carbons (Fsp3) is 0.433. The molecule has 6 rings (SSSR count). The van der Waals surface area contributed by atoms with E-state index in [9.17, 15) is 13.7 Å². The minimum absolute atomic E-state index is 0.124. The van der Waals surface area contributed by atoms with Gasteiger partial charge in [0.1, 0.15) is 21.5 Å². The third-order valence-electron chi connectivity index (χ3n) is 8.44. The second-order valence-corrected chi connectivity index (χ2v) is 14.0. The Morgan fingerprint density at radius 1 is 1.15 bits per heavy atom. The predicted molar refractivity (Wildman–Crippen MR) is 160 cm³/mol. The highest BCUT2D eigenvalue weighted by Crippen LogP contribution is 2.46. The van der Waals surface area contributed by atoms with E-state index < -0.39 is 9.84 Å². The number of nitriles is 1. The summed E-state index contributed by atoms with van der Waals surface area (Å²) in [6.07, 6.45) is 10.9. The van der Waals surface area contributed by atoms with Crippen molar-refractivity contribution in [2.24, 2.45) is 5.92 Å². The van der Waals surface area contributed by atoms with Crippen LogP contribution in [0.2, 0.25) is 0 Å². The van der Waals surface area contributed by atoms with Crippen LogP contribution in [0.3, 0.4) is 0 Å². The lowest BCUT2D eigenvalue weighted by Crippen LogP contribution is -2.57. The largest absolute Gasteiger partial charge is 0.368 e. The summed E-state index contributed by atoms with van der Waals surface area (Å²) in [6.45, 7) is 7.16. The molecule has 4 aromatic rings. The molecule has 1 N–H and O–H groups in total. The van der Waals surface area contributed by atoms with Crippen LogP contribution in [0, 0.1) is 17.2 Å². The summed E-state index contributed by atoms with van der Waals surface area (Å²) in [5.41, 5.74) is 2.91. The maximum atomic E-state index is 11.9. The second-order valence-electron chi connectivity index (χ2n) is 11.8. The highest BCUT2D eigenvalue weighted by Gasteiger charge is 2.45. The van der Waals surface area contributed by atoms with Crippen LogP contribution in [0.25, 0.3) is 22.2 Å². The monoisotopic (exact) mass is 570 g/mol. The first-order chi connectivity index (χ1) is 19.6. The number of hydrogen-bond acceptors (Lipinski definition) is 9. The molecule has 11 heteroatoms. The van der Waals surface area contributed by atoms with Gasteiger partial charge in [-0.1, -0.05) is 19.9 Å². The summed E-state index contributed by atoms with van der Waals surface area (Å²) >= 11 is 0. The molecule has 212 valence electrons. The van der Waals surface area contributed by atoms with Crippen LogP contribution >= 0.6 is 0 Å². The van der Waals surface area contributed by atoms with Crippen LogP contribution in [0.4, 0.5) is 17.3 Å². The van der Waals surface area contributed by atoms with Gasteiger partial charge in [0.15, 0.2) is 5.82 Å². The Hall–Kier alpha value is -4.04. The molecular weight excluding hydrogens is 536 g/mol. The number of anilines is 3. The number of hydrogen-bond donors (Lipinski definition) is 1. The van der Waals surface area contributed by atoms with Gasteiger partial charge in [0.2, 0.25) is 0 Å². The summed E-state index contributed by atoms with van der Waals surface area (Å²) in [7, 11) is -3.02. The van der Waals surface area contributed by atoms with Crippen molar-refractivity contribution < 1.29 is 8.42 Å². The number of benzene rings is 1. The van der Waals surface area contributed by atoms with Crippen LogP contribution in [-0.2, 0) is 15.4 Å². The van der Waals surface area contributed by atoms with E-state index in [1.54, 1.807) is 18.5 Å². The number of aromatic nitrogens is 5. The summed E-state index contributed by atoms with van der Waals surface area (Å²) in [4.78, 5) is 16.2. The van der Waals surface area contributed by atoms with Crippen molar-refractivity contribution in [1.82, 2.24) is 24.7 Å². The fourth-order valence-electron chi connectivity index (χ4n) is 5.83. The Bertz CT molecular complexity index is 1770. The zero-order chi connectivity index (χ0) is 28.9. The lowest BCUT2D eigenvalue weighted by atomic mass is 9.88. The molecular formula is C30H34N8O2S. The number of fused-ring (bicyclic) bond motifs is 1. The highest BCUT2D eigenvalue weighted by molar-refractivity contribution is 7.90. The van der Waals surface area contributed by atoms with Gasteiger partial charge in [-0.15, -0.1) is 0 Å². The van der Waals surface area contributed by atoms with E-state index in [2.05, 4.69) is 65.3 Å². The molecule has 0 unspecified atom stereocenters. The number of rotatable bonds is 9. The normalized spacial score (nSPS) is 19.7. The molecule has 1 aliphatic heterocycles. The molecule has 1 aliphatic carbocycles. The summed E-state index contributed by atoms with van der Waals surface area (Å²) in [5, 5.41) is 19.2. The lowest BCUT2D eigenvalue weighted by molar-refractivity contribution is 0.342. The van der Waals surface area contributed by atoms with E-state index in [4.69, 9.17) is 9.97 Å². The smallest absolute Gasteiger partial charge is 0.164 e. The molecule has 0 amide bonds. The minimum atomic E-state index is -3.02. The van der Waals surface area contributed by atoms with Crippen LogP contribution in [0.5, 0.6) is 0 Å². The van der Waals surface area contributed by atoms with Gasteiger partial charge in [-0.3, -0.25) is 4.68 Å². The maximum Gasteiger partial charge on any atom is 0.164 e. The Morgan fingerprint density at radius 2 is 1.95 bits per heavy atom. The topological polar surface area (TPSA) is 130 Å². The van der Waals surface area contributed by atoms with Crippen molar-refractivity contribution in [2.75, 3.05) is 28.8 Å². The molecule has 0 spiro atoms. The Labute approximate surface area is 240 Å². The number of nitrogens with one attached hydrogen (secondary N) is 1. The van der Waals surface area contributed by atoms with Gasteiger partial charge in [0.25, 0.3) is 0 Å². The average molecular weight is 571 g/mol. The standard InChI is InChI=1S/C30H34N8O2S/c1-19(2)23-5-6-26(37-16-22(20(37)3)18-41(4,39)40)25-15-33-28(13-24(23)25)35-27-7-12-32-29(36-27)21-14-34-38(17-21)30(8-9-30)10-11-31/h5-7,12-15,17,19-20,22H,8-10,16,18H2,1-4H3,(H,32,33,35,36)/t20-,22-/m1/s1. The van der Waals surface area contributed by atoms with Crippen molar-refractivity contribution in [2.45, 2.75) is 57.5 Å². The van der Waals surface area contributed by atoms with Crippen LogP contribution < -0.4 is 10.2 Å². The van der Waals surface area contributed by atoms with E-state index in [1.807, 2.05) is 17.1 Å². The number of pyridine rings is 1. The molecule has 10 nitrogen and oxygen atoms in total. The number of sulfone groups is 1. The third kappa shape index (κ3) is 5.24. The van der Waals surface area contributed by atoms with Gasteiger partial charge in [0.05, 0.1) is 35.5 Å². The molecule has 2 atom stereocenters. The fourth-order valence-corrected chi connectivity index (χ4v) is 6.99. The van der Waals surface area contributed by atoms with E-state index in [-0.39, 0.29) is 23.3 Å². The Morgan fingerprint density at radius 3 is 2.63 bits per heavy atom. The minimum Gasteiger partial charge on any atom is -0.368 e. The lowest BCUT2D eigenvalue weighted by Gasteiger charge is -2.48. The van der Waals surface area contributed by atoms with E-state index in [0.717, 1.165) is 34.9 Å². The number of nitrogens with zero attached hydrogens (tertiary/aromatic N) is 7. The highest BCUT2D eigenvalue weighted by atomic mass is 32.2. The Kier molecular flexibility index (Phi) is 6.69. The SMILES string of the molecule is CC(C)c1ccc(N2C[C@H](CS(C)(=O)=O)[C@H]2C)c2cnc(Nc3ccnc(-c4cnn(C5(CC#N)CC5)c4)n3)cc12. The van der Waals surface area contributed by atoms with Gasteiger partial charge in [-0.2, -0.15) is 10.4 Å². The van der Waals surface area contributed by atoms with Gasteiger partial charge in [-0.05, 0) is 54.8 Å². The first-order valence-corrected chi connectivity index (χ1v) is 16.0. The van der Waals surface area contributed by atoms with E-state index in [1.165, 1.54) is 11.8 Å². The quantitative estimate of drug-likeness (QED) is 0.294. The zero-order valence-corrected chi connectivity index (χ0v) is 24.6. The van der Waals surface area contributed by atoms with Crippen LogP contribution in [0.1, 0.15) is 51.5 Å². The molecule has 0 radical (unpaired) electrons. The maximum absolute atomic E-state index is 11.9. The van der Waals surface area contributed by atoms with Crippen molar-refractivity contribution in [3.63, 3.8) is 0 Å². The molecule has 2 fully saturated rings. The second kappa shape index (κ2) is 10.1. The van der Waals surface area contributed by atoms with E-state index in [0.29, 0.717) is 36.3 Å². The molecule has 3 aromatic heterocycles. The van der Waals surface area contributed by atoms with Crippen LogP contribution in [-0.4, -0.2) is 57.7 Å². The van der Waals surface area contributed by atoms with Gasteiger partial charge in [-0.25, -0.2) is 23.4 Å². The molecule has 41 heavy (non-hydrogen) atoms. The molecule has 1 saturated carbocycles. The first-order valence-electron chi connectivity index (χ1n) is 14.0. The van der Waals surface area contributed by atoms with Gasteiger partial charge < -0.3 is 10.2 Å². The van der Waals surface area contributed by atoms with Crippen molar-refractivity contribution in [3.05, 3.63) is 54.6 Å². The van der Waals surface area contributed by atoms with Gasteiger partial charge >= 0.3 is 0 Å². The summed E-state index contributed by atoms with van der Waals surface area (Å²) < 4.78 is 25.6. The summed E-state index contributed by atoms with van der Waals surface area (Å²) in [5.74, 6) is 2.49. The van der Waals surface area contributed by atoms with Crippen molar-refractivity contribution in [1.29, 1.82) is 5.26 Å². The zero-order valence-electron chi connectivity index (χ0n) is 23.7. The molecule has 1 saturated heterocycles. The van der Waals surface area contributed by atoms with Crippen LogP contribution in [0.15, 0.2) is 49.1 Å². The average Bonchev–Trinajstić information content (AvgIpc) is 3.53. The molecule has 0 bridgehead atoms. The third-order valence-corrected chi connectivity index (χ3v) is 9.47. The predicted octanol–water partition coefficient (Wildman–Crippen LogP) is 5.03. The Balaban J connectivity index is 1.27. The van der Waals surface area contributed by atoms with Gasteiger partial charge in [0, 0.05) is 54.4 Å². The molecule has 1 aromatic carbocycles. The van der Waals surface area contributed by atoms with E-state index >= 15 is 0 Å². The molecule has 2 aliphatic rings.